The van der Waals surface area contributed by atoms with Gasteiger partial charge in [-0.05, 0) is 6.42 Å². The molecule has 0 saturated carbocycles. The second-order valence-corrected chi connectivity index (χ2v) is 2.82. The molecule has 2 N–H and O–H groups in total. The minimum absolute atomic E-state index is 0.528. The van der Waals surface area contributed by atoms with Gasteiger partial charge in [0, 0.05) is 19.9 Å². The summed E-state index contributed by atoms with van der Waals surface area (Å²) in [7, 11) is 3.18. The first kappa shape index (κ1) is 11.8. The van der Waals surface area contributed by atoms with Gasteiger partial charge in [-0.25, -0.2) is 0 Å². The van der Waals surface area contributed by atoms with E-state index in [1.54, 1.807) is 7.05 Å². The lowest BCUT2D eigenvalue weighted by molar-refractivity contribution is -0.0699. The number of halogens is 1. The van der Waals surface area contributed by atoms with Gasteiger partial charge >= 0.3 is 0 Å². The molecule has 0 fully saturated rings. The first-order valence-corrected chi connectivity index (χ1v) is 4.33. The fourth-order valence-electron chi connectivity index (χ4n) is 0.846. The first-order chi connectivity index (χ1) is 5.67. The number of allylic oxidation sites excluding steroid dienone is 1. The monoisotopic (exact) mass is 193 g/mol. The lowest BCUT2D eigenvalue weighted by atomic mass is 10.2. The van der Waals surface area contributed by atoms with Gasteiger partial charge in [-0.15, -0.1) is 11.6 Å². The van der Waals surface area contributed by atoms with Gasteiger partial charge < -0.3 is 15.2 Å². The largest absolute Gasteiger partial charge is 0.390 e. The number of hydrogen-bond acceptors (Lipinski definition) is 3. The number of ether oxygens (including phenoxy) is 1. The van der Waals surface area contributed by atoms with E-state index in [-0.39, 0.29) is 0 Å². The third-order valence-corrected chi connectivity index (χ3v) is 1.95. The summed E-state index contributed by atoms with van der Waals surface area (Å²) in [6.45, 7) is 2.00. The minimum atomic E-state index is -0.961. The van der Waals surface area contributed by atoms with Crippen LogP contribution in [0.15, 0.2) is 11.8 Å². The van der Waals surface area contributed by atoms with E-state index in [0.717, 1.165) is 12.1 Å². The van der Waals surface area contributed by atoms with Crippen molar-refractivity contribution < 1.29 is 9.84 Å². The lowest BCUT2D eigenvalue weighted by Gasteiger charge is -2.18. The average Bonchev–Trinajstić information content (AvgIpc) is 2.11. The van der Waals surface area contributed by atoms with Gasteiger partial charge in [-0.1, -0.05) is 13.0 Å². The Kier molecular flexibility index (Phi) is 6.16. The third-order valence-electron chi connectivity index (χ3n) is 1.50. The summed E-state index contributed by atoms with van der Waals surface area (Å²) in [6, 6.07) is 0. The Hall–Kier alpha value is -0.250. The molecule has 0 amide bonds. The molecule has 2 atom stereocenters. The number of aliphatic hydroxyl groups is 1. The predicted octanol–water partition coefficient (Wildman–Crippen LogP) is 1.07. The molecule has 12 heavy (non-hydrogen) atoms. The topological polar surface area (TPSA) is 41.5 Å². The molecule has 0 bridgehead atoms. The van der Waals surface area contributed by atoms with Crippen LogP contribution in [0.2, 0.25) is 0 Å². The summed E-state index contributed by atoms with van der Waals surface area (Å²) in [5.41, 5.74) is 0.786. The van der Waals surface area contributed by atoms with Crippen molar-refractivity contribution in [3.05, 3.63) is 11.8 Å². The Bertz CT molecular complexity index is 150. The number of alkyl halides is 1. The molecule has 0 aliphatic heterocycles. The average molecular weight is 194 g/mol. The van der Waals surface area contributed by atoms with E-state index in [2.05, 4.69) is 10.1 Å². The second-order valence-electron chi connectivity index (χ2n) is 2.35. The van der Waals surface area contributed by atoms with Gasteiger partial charge in [0.15, 0.2) is 6.29 Å². The number of nitrogens with one attached hydrogen (secondary N) is 1. The van der Waals surface area contributed by atoms with Crippen molar-refractivity contribution in [2.24, 2.45) is 0 Å². The number of hydrogen-bond donors (Lipinski definition) is 2. The maximum Gasteiger partial charge on any atom is 0.176 e. The van der Waals surface area contributed by atoms with Crippen LogP contribution in [0.25, 0.3) is 0 Å². The Morgan fingerprint density at radius 3 is 2.67 bits per heavy atom. The normalized spacial score (nSPS) is 17.2. The van der Waals surface area contributed by atoms with Gasteiger partial charge in [-0.3, -0.25) is 0 Å². The zero-order valence-corrected chi connectivity index (χ0v) is 8.43. The van der Waals surface area contributed by atoms with Crippen LogP contribution < -0.4 is 5.32 Å². The van der Waals surface area contributed by atoms with Crippen LogP contribution >= 0.6 is 11.6 Å². The Balaban J connectivity index is 4.20. The molecule has 72 valence electrons. The van der Waals surface area contributed by atoms with Gasteiger partial charge in [0.1, 0.15) is 5.38 Å². The highest BCUT2D eigenvalue weighted by molar-refractivity contribution is 6.22. The van der Waals surface area contributed by atoms with Crippen molar-refractivity contribution in [3.8, 4) is 0 Å². The standard InChI is InChI=1S/C8H16ClNO2/c1-4-5-6(10-2)7(9)8(11)12-3/h5,7-8,10-11H,4H2,1-3H3/t7?,8-/m1/s1. The highest BCUT2D eigenvalue weighted by atomic mass is 35.5. The van der Waals surface area contributed by atoms with Crippen molar-refractivity contribution >= 4 is 11.6 Å². The molecule has 0 spiro atoms. The molecule has 0 aromatic heterocycles. The highest BCUT2D eigenvalue weighted by Crippen LogP contribution is 2.12. The maximum atomic E-state index is 9.22. The van der Waals surface area contributed by atoms with Gasteiger partial charge in [-0.2, -0.15) is 0 Å². The summed E-state index contributed by atoms with van der Waals surface area (Å²) in [5.74, 6) is 0. The summed E-state index contributed by atoms with van der Waals surface area (Å²) >= 11 is 5.87. The van der Waals surface area contributed by atoms with E-state index in [0.29, 0.717) is 0 Å². The summed E-state index contributed by atoms with van der Waals surface area (Å²) in [6.07, 6.45) is 1.83. The van der Waals surface area contributed by atoms with E-state index in [9.17, 15) is 5.11 Å². The fraction of sp³-hybridized carbons (Fsp3) is 0.750. The van der Waals surface area contributed by atoms with Crippen molar-refractivity contribution in [2.75, 3.05) is 14.2 Å². The summed E-state index contributed by atoms with van der Waals surface area (Å²) in [5, 5.41) is 11.6. The van der Waals surface area contributed by atoms with E-state index < -0.39 is 11.7 Å². The van der Waals surface area contributed by atoms with Crippen molar-refractivity contribution in [1.82, 2.24) is 5.32 Å². The molecule has 1 unspecified atom stereocenters. The molecular weight excluding hydrogens is 178 g/mol. The molecule has 0 aliphatic rings. The lowest BCUT2D eigenvalue weighted by Crippen LogP contribution is -2.29. The van der Waals surface area contributed by atoms with E-state index in [1.807, 2.05) is 13.0 Å². The number of aliphatic hydroxyl groups excluding tert-OH is 1. The van der Waals surface area contributed by atoms with E-state index >= 15 is 0 Å². The van der Waals surface area contributed by atoms with Crippen molar-refractivity contribution in [2.45, 2.75) is 25.0 Å². The van der Waals surface area contributed by atoms with Crippen LogP contribution in [0, 0.1) is 0 Å². The highest BCUT2D eigenvalue weighted by Gasteiger charge is 2.18. The van der Waals surface area contributed by atoms with Crippen LogP contribution in [0.3, 0.4) is 0 Å². The molecule has 3 nitrogen and oxygen atoms in total. The summed E-state index contributed by atoms with van der Waals surface area (Å²) in [4.78, 5) is 0. The number of rotatable bonds is 5. The van der Waals surface area contributed by atoms with Crippen LogP contribution in [0.1, 0.15) is 13.3 Å². The fourth-order valence-corrected chi connectivity index (χ4v) is 1.15. The molecule has 0 heterocycles. The zero-order valence-electron chi connectivity index (χ0n) is 7.67. The minimum Gasteiger partial charge on any atom is -0.390 e. The van der Waals surface area contributed by atoms with E-state index in [4.69, 9.17) is 11.6 Å². The molecule has 0 saturated heterocycles. The van der Waals surface area contributed by atoms with Crippen molar-refractivity contribution in [1.29, 1.82) is 0 Å². The SMILES string of the molecule is CCC=C(NC)C(Cl)[C@H](O)OC. The van der Waals surface area contributed by atoms with Crippen LogP contribution in [-0.4, -0.2) is 30.9 Å². The predicted molar refractivity (Wildman–Crippen MR) is 50.1 cm³/mol. The Morgan fingerprint density at radius 2 is 2.33 bits per heavy atom. The smallest absolute Gasteiger partial charge is 0.176 e. The molecular formula is C8H16ClNO2. The Morgan fingerprint density at radius 1 is 1.75 bits per heavy atom. The van der Waals surface area contributed by atoms with Crippen LogP contribution in [0.4, 0.5) is 0 Å². The summed E-state index contributed by atoms with van der Waals surface area (Å²) < 4.78 is 4.68. The molecule has 0 radical (unpaired) electrons. The van der Waals surface area contributed by atoms with Gasteiger partial charge in [0.25, 0.3) is 0 Å². The molecule has 0 aromatic carbocycles. The van der Waals surface area contributed by atoms with Crippen LogP contribution in [0.5, 0.6) is 0 Å². The quantitative estimate of drug-likeness (QED) is 0.507. The number of methoxy groups -OCH3 is 1. The zero-order chi connectivity index (χ0) is 9.56. The first-order valence-electron chi connectivity index (χ1n) is 3.90. The molecule has 0 aromatic rings. The molecule has 0 aliphatic carbocycles. The van der Waals surface area contributed by atoms with Gasteiger partial charge in [0.05, 0.1) is 0 Å². The maximum absolute atomic E-state index is 9.22. The van der Waals surface area contributed by atoms with Crippen molar-refractivity contribution in [3.63, 3.8) is 0 Å². The third kappa shape index (κ3) is 3.43. The van der Waals surface area contributed by atoms with Gasteiger partial charge in [0.2, 0.25) is 0 Å². The molecule has 4 heteroatoms. The Labute approximate surface area is 78.4 Å². The molecule has 0 rings (SSSR count). The van der Waals surface area contributed by atoms with E-state index in [1.165, 1.54) is 7.11 Å². The van der Waals surface area contributed by atoms with Crippen LogP contribution in [-0.2, 0) is 4.74 Å². The second kappa shape index (κ2) is 6.29.